The van der Waals surface area contributed by atoms with E-state index in [9.17, 15) is 9.50 Å². The Labute approximate surface area is 137 Å². The molecule has 2 atom stereocenters. The molecule has 6 heteroatoms. The van der Waals surface area contributed by atoms with Crippen molar-refractivity contribution in [2.45, 2.75) is 12.0 Å². The van der Waals surface area contributed by atoms with Crippen molar-refractivity contribution >= 4 is 34.8 Å². The lowest BCUT2D eigenvalue weighted by Gasteiger charge is -2.24. The zero-order valence-corrected chi connectivity index (χ0v) is 13.1. The number of halogens is 4. The molecule has 0 heterocycles. The molecule has 3 N–H and O–H groups in total. The molecule has 0 saturated carbocycles. The molecule has 112 valence electrons. The Morgan fingerprint density at radius 2 is 1.52 bits per heavy atom. The summed E-state index contributed by atoms with van der Waals surface area (Å²) in [5.41, 5.74) is 6.27. The Morgan fingerprint density at radius 1 is 1.00 bits per heavy atom. The van der Waals surface area contributed by atoms with Gasteiger partial charge >= 0.3 is 0 Å². The molecule has 0 amide bonds. The van der Waals surface area contributed by atoms with E-state index in [4.69, 9.17) is 40.5 Å². The van der Waals surface area contributed by atoms with Crippen molar-refractivity contribution in [3.05, 3.63) is 68.4 Å². The second-order valence-corrected chi connectivity index (χ2v) is 5.79. The number of aliphatic hydroxyl groups is 1. The van der Waals surface area contributed by atoms with Crippen molar-refractivity contribution in [3.63, 3.8) is 0 Å². The molecule has 0 spiro atoms. The summed E-state index contributed by atoms with van der Waals surface area (Å²) in [4.78, 5) is 0. The van der Waals surface area contributed by atoms with E-state index in [1.54, 1.807) is 24.3 Å². The summed E-state index contributed by atoms with van der Waals surface area (Å²) in [7, 11) is 0. The average Bonchev–Trinajstić information content (AvgIpc) is 2.44. The van der Waals surface area contributed by atoms with Gasteiger partial charge in [0.15, 0.2) is 0 Å². The second-order valence-electron chi connectivity index (χ2n) is 4.57. The van der Waals surface area contributed by atoms with Crippen molar-refractivity contribution in [3.8, 4) is 0 Å². The third-order valence-electron chi connectivity index (χ3n) is 3.31. The maximum absolute atomic E-state index is 14.2. The highest BCUT2D eigenvalue weighted by atomic mass is 35.5. The van der Waals surface area contributed by atoms with Gasteiger partial charge < -0.3 is 10.8 Å². The van der Waals surface area contributed by atoms with Gasteiger partial charge in [0.05, 0.1) is 11.1 Å². The molecule has 0 aliphatic carbocycles. The molecule has 0 fully saturated rings. The summed E-state index contributed by atoms with van der Waals surface area (Å²) in [6.07, 6.45) is -1.14. The predicted octanol–water partition coefficient (Wildman–Crippen LogP) is 4.56. The van der Waals surface area contributed by atoms with Gasteiger partial charge in [-0.05, 0) is 23.8 Å². The van der Waals surface area contributed by atoms with Crippen LogP contribution >= 0.6 is 34.8 Å². The Balaban J connectivity index is 2.48. The molecule has 0 radical (unpaired) electrons. The van der Waals surface area contributed by atoms with E-state index in [1.165, 1.54) is 12.1 Å². The highest BCUT2D eigenvalue weighted by molar-refractivity contribution is 6.36. The Kier molecular flexibility index (Phi) is 5.47. The van der Waals surface area contributed by atoms with Crippen LogP contribution in [0.15, 0.2) is 36.4 Å². The normalized spacial score (nSPS) is 14.0. The van der Waals surface area contributed by atoms with E-state index in [-0.39, 0.29) is 17.1 Å². The van der Waals surface area contributed by atoms with Gasteiger partial charge in [0.1, 0.15) is 5.82 Å². The molecular formula is C15H13Cl3FNO. The maximum atomic E-state index is 14.2. The quantitative estimate of drug-likeness (QED) is 0.850. The summed E-state index contributed by atoms with van der Waals surface area (Å²) in [6, 6.07) is 9.44. The number of benzene rings is 2. The number of hydrogen-bond donors (Lipinski definition) is 2. The highest BCUT2D eigenvalue weighted by Gasteiger charge is 2.28. The van der Waals surface area contributed by atoms with E-state index >= 15 is 0 Å². The number of hydrogen-bond acceptors (Lipinski definition) is 2. The van der Waals surface area contributed by atoms with Crippen molar-refractivity contribution in [2.24, 2.45) is 5.73 Å². The molecule has 0 bridgehead atoms. The molecule has 21 heavy (non-hydrogen) atoms. The average molecular weight is 349 g/mol. The van der Waals surface area contributed by atoms with Crippen LogP contribution in [0.2, 0.25) is 15.1 Å². The maximum Gasteiger partial charge on any atom is 0.145 e. The van der Waals surface area contributed by atoms with Crippen LogP contribution < -0.4 is 5.73 Å². The van der Waals surface area contributed by atoms with Crippen LogP contribution in [0.4, 0.5) is 4.39 Å². The fourth-order valence-electron chi connectivity index (χ4n) is 2.23. The molecule has 2 aromatic carbocycles. The van der Waals surface area contributed by atoms with Crippen LogP contribution in [0.25, 0.3) is 0 Å². The zero-order chi connectivity index (χ0) is 15.6. The highest BCUT2D eigenvalue weighted by Crippen LogP contribution is 2.39. The number of nitrogens with two attached hydrogens (primary N) is 1. The van der Waals surface area contributed by atoms with E-state index in [0.717, 1.165) is 0 Å². The van der Waals surface area contributed by atoms with Crippen molar-refractivity contribution < 1.29 is 9.50 Å². The minimum Gasteiger partial charge on any atom is -0.388 e. The number of rotatable bonds is 4. The molecule has 2 unspecified atom stereocenters. The monoisotopic (exact) mass is 347 g/mol. The zero-order valence-electron chi connectivity index (χ0n) is 10.9. The molecule has 0 aliphatic heterocycles. The lowest BCUT2D eigenvalue weighted by molar-refractivity contribution is 0.146. The van der Waals surface area contributed by atoms with Crippen LogP contribution in [0, 0.1) is 5.82 Å². The van der Waals surface area contributed by atoms with Gasteiger partial charge in [-0.25, -0.2) is 4.39 Å². The molecule has 2 nitrogen and oxygen atoms in total. The van der Waals surface area contributed by atoms with Gasteiger partial charge in [0.2, 0.25) is 0 Å². The Hall–Kier alpha value is -0.840. The molecule has 2 aromatic rings. The van der Waals surface area contributed by atoms with Gasteiger partial charge in [-0.1, -0.05) is 53.0 Å². The van der Waals surface area contributed by atoms with Gasteiger partial charge in [0, 0.05) is 28.1 Å². The van der Waals surface area contributed by atoms with Crippen LogP contribution in [0.3, 0.4) is 0 Å². The second kappa shape index (κ2) is 6.95. The molecule has 0 aliphatic rings. The summed E-state index contributed by atoms with van der Waals surface area (Å²) in [6.45, 7) is 0.0139. The lowest BCUT2D eigenvalue weighted by atomic mass is 9.88. The third-order valence-corrected chi connectivity index (χ3v) is 4.26. The largest absolute Gasteiger partial charge is 0.388 e. The number of aliphatic hydroxyl groups excluding tert-OH is 1. The molecule has 0 aromatic heterocycles. The molecule has 0 saturated heterocycles. The van der Waals surface area contributed by atoms with Gasteiger partial charge in [-0.2, -0.15) is 0 Å². The minimum absolute atomic E-state index is 0.0139. The smallest absolute Gasteiger partial charge is 0.145 e. The van der Waals surface area contributed by atoms with E-state index in [1.807, 2.05) is 0 Å². The molecule has 2 rings (SSSR count). The first-order valence-corrected chi connectivity index (χ1v) is 7.36. The van der Waals surface area contributed by atoms with Crippen molar-refractivity contribution in [1.82, 2.24) is 0 Å². The fraction of sp³-hybridized carbons (Fsp3) is 0.200. The fourth-order valence-corrected chi connectivity index (χ4v) is 3.03. The SMILES string of the molecule is NCC(c1cccc(Cl)c1F)C(O)c1c(Cl)cccc1Cl. The van der Waals surface area contributed by atoms with Crippen LogP contribution in [-0.2, 0) is 0 Å². The molecular weight excluding hydrogens is 336 g/mol. The first kappa shape index (κ1) is 16.5. The van der Waals surface area contributed by atoms with Crippen LogP contribution in [-0.4, -0.2) is 11.7 Å². The van der Waals surface area contributed by atoms with E-state index < -0.39 is 17.8 Å². The summed E-state index contributed by atoms with van der Waals surface area (Å²) < 4.78 is 14.2. The standard InChI is InChI=1S/C15H13Cl3FNO/c16-10-4-2-5-11(17)13(10)15(21)9(7-20)8-3-1-6-12(18)14(8)19/h1-6,9,15,21H,7,20H2. The Bertz CT molecular complexity index is 631. The first-order valence-electron chi connectivity index (χ1n) is 6.23. The third kappa shape index (κ3) is 3.33. The van der Waals surface area contributed by atoms with Crippen LogP contribution in [0.5, 0.6) is 0 Å². The van der Waals surface area contributed by atoms with E-state index in [0.29, 0.717) is 15.6 Å². The minimum atomic E-state index is -1.14. The topological polar surface area (TPSA) is 46.2 Å². The van der Waals surface area contributed by atoms with Crippen molar-refractivity contribution in [2.75, 3.05) is 6.54 Å². The van der Waals surface area contributed by atoms with Crippen LogP contribution in [0.1, 0.15) is 23.1 Å². The van der Waals surface area contributed by atoms with Crippen molar-refractivity contribution in [1.29, 1.82) is 0 Å². The van der Waals surface area contributed by atoms with E-state index in [2.05, 4.69) is 0 Å². The van der Waals surface area contributed by atoms with Gasteiger partial charge in [0.25, 0.3) is 0 Å². The Morgan fingerprint density at radius 3 is 2.10 bits per heavy atom. The van der Waals surface area contributed by atoms with Gasteiger partial charge in [-0.15, -0.1) is 0 Å². The lowest BCUT2D eigenvalue weighted by Crippen LogP contribution is -2.22. The first-order chi connectivity index (χ1) is 9.97. The van der Waals surface area contributed by atoms with Gasteiger partial charge in [-0.3, -0.25) is 0 Å². The summed E-state index contributed by atoms with van der Waals surface area (Å²) in [5.74, 6) is -1.31. The predicted molar refractivity (Wildman–Crippen MR) is 84.6 cm³/mol. The summed E-state index contributed by atoms with van der Waals surface area (Å²) in [5, 5.41) is 11.1. The summed E-state index contributed by atoms with van der Waals surface area (Å²) >= 11 is 17.9.